The van der Waals surface area contributed by atoms with Gasteiger partial charge in [0, 0.05) is 27.7 Å². The fourth-order valence-electron chi connectivity index (χ4n) is 4.39. The molecule has 4 aromatic rings. The van der Waals surface area contributed by atoms with E-state index in [-0.39, 0.29) is 18.3 Å². The molecule has 3 heterocycles. The zero-order valence-electron chi connectivity index (χ0n) is 19.6. The molecule has 0 saturated heterocycles. The lowest BCUT2D eigenvalue weighted by Gasteiger charge is -2.13. The maximum absolute atomic E-state index is 12.3. The highest BCUT2D eigenvalue weighted by molar-refractivity contribution is 7.15. The smallest absolute Gasteiger partial charge is 0.306 e. The third-order valence-electron chi connectivity index (χ3n) is 6.26. The van der Waals surface area contributed by atoms with Crippen LogP contribution in [0.2, 0.25) is 0 Å². The number of rotatable bonds is 5. The molecule has 1 aliphatic rings. The second-order valence-corrected chi connectivity index (χ2v) is 9.64. The Morgan fingerprint density at radius 1 is 1.03 bits per heavy atom. The second kappa shape index (κ2) is 8.91. The van der Waals surface area contributed by atoms with Crippen molar-refractivity contribution in [1.82, 2.24) is 14.8 Å². The summed E-state index contributed by atoms with van der Waals surface area (Å²) in [6.45, 7) is 6.25. The molecule has 7 heteroatoms. The van der Waals surface area contributed by atoms with E-state index in [2.05, 4.69) is 64.3 Å². The first-order valence-electron chi connectivity index (χ1n) is 11.2. The minimum Gasteiger partial charge on any atom is -0.469 e. The van der Waals surface area contributed by atoms with E-state index in [1.807, 2.05) is 37.3 Å². The zero-order valence-corrected chi connectivity index (χ0v) is 20.4. The van der Waals surface area contributed by atoms with Crippen LogP contribution in [0.3, 0.4) is 0 Å². The van der Waals surface area contributed by atoms with Gasteiger partial charge in [0.15, 0.2) is 0 Å². The summed E-state index contributed by atoms with van der Waals surface area (Å²) in [6, 6.07) is 18.5. The number of methoxy groups -OCH3 is 1. The lowest BCUT2D eigenvalue weighted by atomic mass is 9.92. The zero-order chi connectivity index (χ0) is 23.8. The summed E-state index contributed by atoms with van der Waals surface area (Å²) in [6.07, 6.45) is 2.36. The van der Waals surface area contributed by atoms with Gasteiger partial charge in [-0.05, 0) is 61.7 Å². The van der Waals surface area contributed by atoms with Crippen molar-refractivity contribution in [3.8, 4) is 5.00 Å². The number of nitrogens with one attached hydrogen (secondary N) is 1. The Morgan fingerprint density at radius 3 is 2.44 bits per heavy atom. The van der Waals surface area contributed by atoms with E-state index in [0.717, 1.165) is 39.2 Å². The summed E-state index contributed by atoms with van der Waals surface area (Å²) in [4.78, 5) is 13.5. The Labute approximate surface area is 202 Å². The van der Waals surface area contributed by atoms with Gasteiger partial charge >= 0.3 is 5.97 Å². The average molecular weight is 471 g/mol. The van der Waals surface area contributed by atoms with Gasteiger partial charge in [-0.2, -0.15) is 0 Å². The lowest BCUT2D eigenvalue weighted by Crippen LogP contribution is -2.11. The number of benzene rings is 2. The third kappa shape index (κ3) is 3.92. The molecule has 0 bridgehead atoms. The number of carbonyl (C=O) groups is 1. The van der Waals surface area contributed by atoms with Gasteiger partial charge in [-0.25, -0.2) is 0 Å². The molecule has 0 amide bonds. The van der Waals surface area contributed by atoms with Crippen LogP contribution < -0.4 is 5.32 Å². The number of aryl methyl sites for hydroxylation is 2. The molecule has 0 radical (unpaired) electrons. The fraction of sp³-hybridized carbons (Fsp3) is 0.222. The number of para-hydroxylation sites is 1. The van der Waals surface area contributed by atoms with E-state index in [1.54, 1.807) is 11.3 Å². The van der Waals surface area contributed by atoms with Crippen LogP contribution in [0.4, 0.5) is 11.4 Å². The molecule has 1 aliphatic heterocycles. The monoisotopic (exact) mass is 470 g/mol. The van der Waals surface area contributed by atoms with Crippen LogP contribution in [-0.2, 0) is 9.53 Å². The molecule has 0 saturated carbocycles. The highest BCUT2D eigenvalue weighted by Crippen LogP contribution is 2.44. The molecule has 0 fully saturated rings. The first-order valence-corrected chi connectivity index (χ1v) is 12.0. The highest BCUT2D eigenvalue weighted by atomic mass is 32.1. The average Bonchev–Trinajstić information content (AvgIpc) is 3.32. The predicted octanol–water partition coefficient (Wildman–Crippen LogP) is 6.09. The molecule has 2 aromatic carbocycles. The van der Waals surface area contributed by atoms with E-state index in [1.165, 1.54) is 23.1 Å². The summed E-state index contributed by atoms with van der Waals surface area (Å²) in [5.74, 6) is 1.06. The first-order chi connectivity index (χ1) is 16.5. The summed E-state index contributed by atoms with van der Waals surface area (Å²) in [5, 5.41) is 13.3. The Kier molecular flexibility index (Phi) is 5.79. The first kappa shape index (κ1) is 22.1. The van der Waals surface area contributed by atoms with Crippen molar-refractivity contribution in [2.45, 2.75) is 33.1 Å². The lowest BCUT2D eigenvalue weighted by molar-refractivity contribution is -0.140. The van der Waals surface area contributed by atoms with Crippen LogP contribution in [0.5, 0.6) is 0 Å². The molecule has 1 atom stereocenters. The van der Waals surface area contributed by atoms with Crippen LogP contribution in [0, 0.1) is 20.8 Å². The van der Waals surface area contributed by atoms with Gasteiger partial charge in [0.2, 0.25) is 0 Å². The van der Waals surface area contributed by atoms with Crippen molar-refractivity contribution in [2.75, 3.05) is 12.4 Å². The number of fused-ring (bicyclic) bond motifs is 3. The van der Waals surface area contributed by atoms with Crippen molar-refractivity contribution in [2.24, 2.45) is 0 Å². The van der Waals surface area contributed by atoms with Crippen molar-refractivity contribution < 1.29 is 9.53 Å². The summed E-state index contributed by atoms with van der Waals surface area (Å²) >= 11 is 1.74. The number of carbonyl (C=O) groups excluding carboxylic acids is 1. The third-order valence-corrected chi connectivity index (χ3v) is 7.45. The van der Waals surface area contributed by atoms with Gasteiger partial charge in [-0.3, -0.25) is 9.36 Å². The number of hydrogen-bond acceptors (Lipinski definition) is 6. The molecule has 2 aromatic heterocycles. The largest absolute Gasteiger partial charge is 0.469 e. The second-order valence-electron chi connectivity index (χ2n) is 8.44. The van der Waals surface area contributed by atoms with E-state index in [4.69, 9.17) is 4.74 Å². The van der Waals surface area contributed by atoms with Gasteiger partial charge in [-0.1, -0.05) is 36.4 Å². The van der Waals surface area contributed by atoms with Crippen LogP contribution in [0.15, 0.2) is 60.7 Å². The van der Waals surface area contributed by atoms with Crippen molar-refractivity contribution in [3.05, 3.63) is 93.9 Å². The number of thiophene rings is 1. The molecular formula is C27H26N4O2S. The van der Waals surface area contributed by atoms with E-state index in [9.17, 15) is 4.79 Å². The normalized spacial score (nSPS) is 14.6. The number of aromatic nitrogens is 3. The molecule has 6 nitrogen and oxygen atoms in total. The molecule has 0 aliphatic carbocycles. The molecule has 1 unspecified atom stereocenters. The summed E-state index contributed by atoms with van der Waals surface area (Å²) in [5.41, 5.74) is 6.65. The van der Waals surface area contributed by atoms with Gasteiger partial charge < -0.3 is 10.1 Å². The molecule has 0 spiro atoms. The Balaban J connectivity index is 1.62. The number of anilines is 2. The van der Waals surface area contributed by atoms with Crippen LogP contribution >= 0.6 is 11.3 Å². The standard InChI is InChI=1S/C27H26N4O2S/c1-16-17(2)34-27-25(16)23(14-20(15-24(32)33-4)26-30-29-18(3)31(26)27)19-10-12-22(13-11-19)28-21-8-6-5-7-9-21/h5-14,20,28H,15H2,1-4H3. The van der Waals surface area contributed by atoms with Gasteiger partial charge in [0.25, 0.3) is 0 Å². The van der Waals surface area contributed by atoms with E-state index < -0.39 is 0 Å². The molecule has 1 N–H and O–H groups in total. The molecular weight excluding hydrogens is 444 g/mol. The van der Waals surface area contributed by atoms with Crippen molar-refractivity contribution in [1.29, 1.82) is 0 Å². The maximum atomic E-state index is 12.3. The fourth-order valence-corrected chi connectivity index (χ4v) is 5.61. The molecule has 34 heavy (non-hydrogen) atoms. The topological polar surface area (TPSA) is 69.0 Å². The van der Waals surface area contributed by atoms with E-state index >= 15 is 0 Å². The Bertz CT molecular complexity index is 1380. The number of esters is 1. The van der Waals surface area contributed by atoms with Gasteiger partial charge in [-0.15, -0.1) is 21.5 Å². The molecule has 5 rings (SSSR count). The van der Waals surface area contributed by atoms with Crippen molar-refractivity contribution in [3.63, 3.8) is 0 Å². The minimum atomic E-state index is -0.270. The Morgan fingerprint density at radius 2 is 1.74 bits per heavy atom. The Hall–Kier alpha value is -3.71. The number of nitrogens with zero attached hydrogens (tertiary/aromatic N) is 3. The van der Waals surface area contributed by atoms with Gasteiger partial charge in [0.1, 0.15) is 16.6 Å². The van der Waals surface area contributed by atoms with Crippen LogP contribution in [-0.4, -0.2) is 27.8 Å². The number of allylic oxidation sites excluding steroid dienone is 1. The quantitative estimate of drug-likeness (QED) is 0.358. The highest BCUT2D eigenvalue weighted by Gasteiger charge is 2.31. The van der Waals surface area contributed by atoms with E-state index in [0.29, 0.717) is 0 Å². The SMILES string of the molecule is COC(=O)CC1C=C(c2ccc(Nc3ccccc3)cc2)c2c(sc(C)c2C)-n2c(C)nnc21. The predicted molar refractivity (Wildman–Crippen MR) is 136 cm³/mol. The number of ether oxygens (including phenoxy) is 1. The van der Waals surface area contributed by atoms with Crippen LogP contribution in [0.25, 0.3) is 10.6 Å². The van der Waals surface area contributed by atoms with Gasteiger partial charge in [0.05, 0.1) is 13.5 Å². The van der Waals surface area contributed by atoms with Crippen LogP contribution in [0.1, 0.15) is 45.6 Å². The summed E-state index contributed by atoms with van der Waals surface area (Å²) in [7, 11) is 1.42. The molecule has 172 valence electrons. The summed E-state index contributed by atoms with van der Waals surface area (Å²) < 4.78 is 7.10. The number of hydrogen-bond donors (Lipinski definition) is 1. The minimum absolute atomic E-state index is 0.207. The van der Waals surface area contributed by atoms with Crippen molar-refractivity contribution >= 4 is 34.3 Å². The maximum Gasteiger partial charge on any atom is 0.306 e.